The molecule has 126 valence electrons. The monoisotopic (exact) mass is 326 g/mol. The van der Waals surface area contributed by atoms with Gasteiger partial charge in [0.05, 0.1) is 12.7 Å². The third-order valence-corrected chi connectivity index (χ3v) is 4.35. The molecule has 24 heavy (non-hydrogen) atoms. The number of carbonyl (C=O) groups is 1. The van der Waals surface area contributed by atoms with E-state index in [-0.39, 0.29) is 12.6 Å². The number of methoxy groups -OCH3 is 1. The van der Waals surface area contributed by atoms with E-state index in [9.17, 15) is 9.90 Å². The van der Waals surface area contributed by atoms with Crippen LogP contribution in [0.4, 0.5) is 4.79 Å². The van der Waals surface area contributed by atoms with Crippen LogP contribution in [0.25, 0.3) is 0 Å². The van der Waals surface area contributed by atoms with Gasteiger partial charge in [0.2, 0.25) is 0 Å². The van der Waals surface area contributed by atoms with E-state index in [1.807, 2.05) is 48.5 Å². The van der Waals surface area contributed by atoms with Crippen LogP contribution in [0, 0.1) is 0 Å². The molecule has 3 rings (SSSR count). The fourth-order valence-electron chi connectivity index (χ4n) is 3.03. The molecule has 0 atom stereocenters. The van der Waals surface area contributed by atoms with Crippen molar-refractivity contribution in [1.82, 2.24) is 10.6 Å². The van der Waals surface area contributed by atoms with Crippen molar-refractivity contribution in [3.8, 4) is 5.75 Å². The molecule has 0 bridgehead atoms. The quantitative estimate of drug-likeness (QED) is 0.787. The number of ether oxygens (including phenoxy) is 1. The molecule has 0 heterocycles. The summed E-state index contributed by atoms with van der Waals surface area (Å²) in [5.41, 5.74) is 2.39. The van der Waals surface area contributed by atoms with Crippen molar-refractivity contribution >= 4 is 6.03 Å². The Morgan fingerprint density at radius 2 is 1.71 bits per heavy atom. The third-order valence-electron chi connectivity index (χ3n) is 4.35. The number of rotatable bonds is 5. The van der Waals surface area contributed by atoms with Gasteiger partial charge in [-0.3, -0.25) is 0 Å². The van der Waals surface area contributed by atoms with Crippen LogP contribution in [0.5, 0.6) is 5.75 Å². The first-order valence-electron chi connectivity index (χ1n) is 8.02. The zero-order chi connectivity index (χ0) is 17.0. The van der Waals surface area contributed by atoms with E-state index in [1.54, 1.807) is 7.11 Å². The molecule has 0 aliphatic heterocycles. The highest BCUT2D eigenvalue weighted by atomic mass is 16.5. The highest BCUT2D eigenvalue weighted by Gasteiger charge is 2.35. The number of amides is 2. The smallest absolute Gasteiger partial charge is 0.315 e. The van der Waals surface area contributed by atoms with Crippen LogP contribution in [0.15, 0.2) is 48.5 Å². The minimum Gasteiger partial charge on any atom is -0.497 e. The van der Waals surface area contributed by atoms with Crippen LogP contribution < -0.4 is 15.4 Å². The topological polar surface area (TPSA) is 70.6 Å². The highest BCUT2D eigenvalue weighted by Crippen LogP contribution is 2.29. The Kier molecular flexibility index (Phi) is 4.71. The normalized spacial score (nSPS) is 14.8. The molecule has 0 fully saturated rings. The molecule has 1 aliphatic rings. The Labute approximate surface area is 141 Å². The lowest BCUT2D eigenvalue weighted by Gasteiger charge is -2.22. The maximum atomic E-state index is 12.0. The first-order chi connectivity index (χ1) is 11.6. The van der Waals surface area contributed by atoms with Crippen LogP contribution >= 0.6 is 0 Å². The van der Waals surface area contributed by atoms with E-state index >= 15 is 0 Å². The van der Waals surface area contributed by atoms with E-state index in [1.165, 1.54) is 0 Å². The summed E-state index contributed by atoms with van der Waals surface area (Å²) in [4.78, 5) is 12.0. The largest absolute Gasteiger partial charge is 0.497 e. The van der Waals surface area contributed by atoms with Crippen molar-refractivity contribution in [3.05, 3.63) is 65.2 Å². The van der Waals surface area contributed by atoms with Gasteiger partial charge in [-0.25, -0.2) is 4.79 Å². The fraction of sp³-hybridized carbons (Fsp3) is 0.316. The van der Waals surface area contributed by atoms with Crippen molar-refractivity contribution in [1.29, 1.82) is 0 Å². The van der Waals surface area contributed by atoms with Crippen LogP contribution in [-0.4, -0.2) is 30.4 Å². The Hall–Kier alpha value is -2.53. The van der Waals surface area contributed by atoms with Gasteiger partial charge in [0.15, 0.2) is 0 Å². The lowest BCUT2D eigenvalue weighted by atomic mass is 10.0. The SMILES string of the molecule is COc1ccc(CNC(=O)NCC2(O)Cc3ccccc3C2)cc1. The van der Waals surface area contributed by atoms with E-state index < -0.39 is 5.60 Å². The second-order valence-corrected chi connectivity index (χ2v) is 6.23. The molecule has 0 unspecified atom stereocenters. The van der Waals surface area contributed by atoms with Gasteiger partial charge in [-0.15, -0.1) is 0 Å². The Balaban J connectivity index is 1.46. The number of urea groups is 1. The third kappa shape index (κ3) is 3.86. The van der Waals surface area contributed by atoms with Gasteiger partial charge in [-0.05, 0) is 28.8 Å². The van der Waals surface area contributed by atoms with E-state index in [0.29, 0.717) is 19.4 Å². The van der Waals surface area contributed by atoms with Gasteiger partial charge in [-0.1, -0.05) is 36.4 Å². The Bertz CT molecular complexity index is 688. The first kappa shape index (κ1) is 16.3. The molecule has 3 N–H and O–H groups in total. The van der Waals surface area contributed by atoms with E-state index in [4.69, 9.17) is 4.74 Å². The maximum Gasteiger partial charge on any atom is 0.315 e. The summed E-state index contributed by atoms with van der Waals surface area (Å²) >= 11 is 0. The molecule has 0 radical (unpaired) electrons. The van der Waals surface area contributed by atoms with Gasteiger partial charge in [-0.2, -0.15) is 0 Å². The van der Waals surface area contributed by atoms with Gasteiger partial charge < -0.3 is 20.5 Å². The van der Waals surface area contributed by atoms with Crippen molar-refractivity contribution in [2.45, 2.75) is 25.0 Å². The minimum absolute atomic E-state index is 0.232. The number of nitrogens with one attached hydrogen (secondary N) is 2. The number of hydrogen-bond acceptors (Lipinski definition) is 3. The highest BCUT2D eigenvalue weighted by molar-refractivity contribution is 5.74. The minimum atomic E-state index is -0.902. The first-order valence-corrected chi connectivity index (χ1v) is 8.02. The van der Waals surface area contributed by atoms with Crippen molar-refractivity contribution < 1.29 is 14.6 Å². The summed E-state index contributed by atoms with van der Waals surface area (Å²) in [7, 11) is 1.62. The van der Waals surface area contributed by atoms with E-state index in [2.05, 4.69) is 10.6 Å². The van der Waals surface area contributed by atoms with Gasteiger partial charge in [0, 0.05) is 25.9 Å². The Morgan fingerprint density at radius 1 is 1.08 bits per heavy atom. The van der Waals surface area contributed by atoms with E-state index in [0.717, 1.165) is 22.4 Å². The average Bonchev–Trinajstić information content (AvgIpc) is 2.95. The molecular weight excluding hydrogens is 304 g/mol. The number of carbonyl (C=O) groups excluding carboxylic acids is 1. The molecule has 0 spiro atoms. The zero-order valence-corrected chi connectivity index (χ0v) is 13.7. The van der Waals surface area contributed by atoms with Crippen LogP contribution in [-0.2, 0) is 19.4 Å². The number of benzene rings is 2. The van der Waals surface area contributed by atoms with Crippen molar-refractivity contribution in [3.63, 3.8) is 0 Å². The van der Waals surface area contributed by atoms with Crippen LogP contribution in [0.3, 0.4) is 0 Å². The lowest BCUT2D eigenvalue weighted by Crippen LogP contribution is -2.46. The standard InChI is InChI=1S/C19H22N2O3/c1-24-17-8-6-14(7-9-17)12-20-18(22)21-13-19(23)10-15-4-2-3-5-16(15)11-19/h2-9,23H,10-13H2,1H3,(H2,20,21,22). The molecule has 0 saturated carbocycles. The molecule has 0 aromatic heterocycles. The van der Waals surface area contributed by atoms with Gasteiger partial charge >= 0.3 is 6.03 Å². The second kappa shape index (κ2) is 6.93. The molecule has 5 heteroatoms. The van der Waals surface area contributed by atoms with Crippen LogP contribution in [0.2, 0.25) is 0 Å². The average molecular weight is 326 g/mol. The Morgan fingerprint density at radius 3 is 2.29 bits per heavy atom. The molecule has 2 aromatic carbocycles. The van der Waals surface area contributed by atoms with Crippen molar-refractivity contribution in [2.24, 2.45) is 0 Å². The molecule has 2 aromatic rings. The van der Waals surface area contributed by atoms with Crippen LogP contribution in [0.1, 0.15) is 16.7 Å². The van der Waals surface area contributed by atoms with Gasteiger partial charge in [0.25, 0.3) is 0 Å². The number of hydrogen-bond donors (Lipinski definition) is 3. The summed E-state index contributed by atoms with van der Waals surface area (Å²) in [5, 5.41) is 16.2. The summed E-state index contributed by atoms with van der Waals surface area (Å²) in [5.74, 6) is 0.784. The molecular formula is C19H22N2O3. The predicted molar refractivity (Wildman–Crippen MR) is 92.0 cm³/mol. The second-order valence-electron chi connectivity index (χ2n) is 6.23. The molecule has 0 saturated heterocycles. The number of fused-ring (bicyclic) bond motifs is 1. The summed E-state index contributed by atoms with van der Waals surface area (Å²) in [6.07, 6.45) is 1.14. The fourth-order valence-corrected chi connectivity index (χ4v) is 3.03. The van der Waals surface area contributed by atoms with Gasteiger partial charge in [0.1, 0.15) is 5.75 Å². The molecule has 5 nitrogen and oxygen atoms in total. The molecule has 1 aliphatic carbocycles. The predicted octanol–water partition coefficient (Wildman–Crippen LogP) is 2.02. The lowest BCUT2D eigenvalue weighted by molar-refractivity contribution is 0.0536. The number of aliphatic hydroxyl groups is 1. The maximum absolute atomic E-state index is 12.0. The molecule has 2 amide bonds. The summed E-state index contributed by atoms with van der Waals surface area (Å²) in [6.45, 7) is 0.657. The van der Waals surface area contributed by atoms with Crippen molar-refractivity contribution in [2.75, 3.05) is 13.7 Å². The summed E-state index contributed by atoms with van der Waals surface area (Å²) < 4.78 is 5.10. The summed E-state index contributed by atoms with van der Waals surface area (Å²) in [6, 6.07) is 15.2. The zero-order valence-electron chi connectivity index (χ0n) is 13.7.